The van der Waals surface area contributed by atoms with Gasteiger partial charge in [-0.2, -0.15) is 0 Å². The molecule has 0 aliphatic heterocycles. The molecule has 0 saturated heterocycles. The summed E-state index contributed by atoms with van der Waals surface area (Å²) < 4.78 is 0. The zero-order valence-corrected chi connectivity index (χ0v) is 13.7. The van der Waals surface area contributed by atoms with Gasteiger partial charge in [0.15, 0.2) is 5.41 Å². The normalized spacial score (nSPS) is 11.0. The Kier molecular flexibility index (Phi) is 17.0. The summed E-state index contributed by atoms with van der Waals surface area (Å²) >= 11 is 0. The van der Waals surface area contributed by atoms with E-state index in [9.17, 15) is 9.59 Å². The average Bonchev–Trinajstić information content (AvgIpc) is 2.44. The Morgan fingerprint density at radius 2 is 1.09 bits per heavy atom. The number of hydrogen-bond donors (Lipinski definition) is 2. The summed E-state index contributed by atoms with van der Waals surface area (Å²) in [6.07, 6.45) is 12.0. The molecule has 0 saturated carbocycles. The van der Waals surface area contributed by atoms with E-state index < -0.39 is 17.4 Å². The summed E-state index contributed by atoms with van der Waals surface area (Å²) in [5, 5.41) is 18.3. The molecule has 0 unspecified atom stereocenters. The molecule has 22 heavy (non-hydrogen) atoms. The topological polar surface area (TPSA) is 74.6 Å². The molecular formula is C17H34BaO4. The van der Waals surface area contributed by atoms with Gasteiger partial charge < -0.3 is 10.2 Å². The first kappa shape index (κ1) is 24.8. The van der Waals surface area contributed by atoms with Gasteiger partial charge in [-0.3, -0.25) is 9.59 Å². The van der Waals surface area contributed by atoms with Crippen LogP contribution < -0.4 is 0 Å². The molecule has 5 heteroatoms. The zero-order valence-electron chi connectivity index (χ0n) is 13.7. The second-order valence-corrected chi connectivity index (χ2v) is 5.98. The third-order valence-corrected chi connectivity index (χ3v) is 4.38. The SMILES string of the molecule is CCCCCCCCCCCCC(CC)(C(=O)O)C(=O)O.[BaH2]. The summed E-state index contributed by atoms with van der Waals surface area (Å²) in [4.78, 5) is 22.4. The molecular weight excluding hydrogens is 406 g/mol. The van der Waals surface area contributed by atoms with Crippen LogP contribution in [-0.4, -0.2) is 71.0 Å². The van der Waals surface area contributed by atoms with Crippen molar-refractivity contribution < 1.29 is 19.8 Å². The second-order valence-electron chi connectivity index (χ2n) is 5.98. The Morgan fingerprint density at radius 3 is 1.41 bits per heavy atom. The predicted octanol–water partition coefficient (Wildman–Crippen LogP) is 3.95. The van der Waals surface area contributed by atoms with Crippen molar-refractivity contribution in [3.05, 3.63) is 0 Å². The van der Waals surface area contributed by atoms with E-state index in [-0.39, 0.29) is 61.7 Å². The van der Waals surface area contributed by atoms with Crippen LogP contribution in [0.25, 0.3) is 0 Å². The van der Waals surface area contributed by atoms with Crippen LogP contribution in [0.15, 0.2) is 0 Å². The number of unbranched alkanes of at least 4 members (excludes halogenated alkanes) is 9. The molecule has 0 bridgehead atoms. The summed E-state index contributed by atoms with van der Waals surface area (Å²) in [7, 11) is 0. The van der Waals surface area contributed by atoms with E-state index in [1.807, 2.05) is 0 Å². The van der Waals surface area contributed by atoms with Gasteiger partial charge in [0, 0.05) is 0 Å². The fraction of sp³-hybridized carbons (Fsp3) is 0.882. The van der Waals surface area contributed by atoms with Crippen molar-refractivity contribution in [2.45, 2.75) is 90.9 Å². The van der Waals surface area contributed by atoms with Crippen LogP contribution in [0.2, 0.25) is 0 Å². The van der Waals surface area contributed by atoms with E-state index in [0.29, 0.717) is 6.42 Å². The summed E-state index contributed by atoms with van der Waals surface area (Å²) in [5.74, 6) is -2.40. The van der Waals surface area contributed by atoms with Crippen LogP contribution in [0.4, 0.5) is 0 Å². The molecule has 0 aromatic heterocycles. The number of rotatable bonds is 14. The van der Waals surface area contributed by atoms with Gasteiger partial charge in [-0.15, -0.1) is 0 Å². The van der Waals surface area contributed by atoms with E-state index in [0.717, 1.165) is 12.8 Å². The molecule has 0 spiro atoms. The summed E-state index contributed by atoms with van der Waals surface area (Å²) in [6, 6.07) is 0. The Balaban J connectivity index is 0. The van der Waals surface area contributed by atoms with E-state index in [1.54, 1.807) is 6.92 Å². The Bertz CT molecular complexity index is 291. The van der Waals surface area contributed by atoms with E-state index >= 15 is 0 Å². The molecule has 0 aliphatic rings. The van der Waals surface area contributed by atoms with Crippen molar-refractivity contribution in [1.82, 2.24) is 0 Å². The number of carboxylic acid groups (broad SMARTS) is 2. The van der Waals surface area contributed by atoms with E-state index in [1.165, 1.54) is 44.9 Å². The minimum absolute atomic E-state index is 0. The predicted molar refractivity (Wildman–Crippen MR) is 93.0 cm³/mol. The van der Waals surface area contributed by atoms with Crippen LogP contribution in [0.3, 0.4) is 0 Å². The molecule has 0 amide bonds. The third-order valence-electron chi connectivity index (χ3n) is 4.38. The van der Waals surface area contributed by atoms with Gasteiger partial charge in [0.05, 0.1) is 0 Å². The summed E-state index contributed by atoms with van der Waals surface area (Å²) in [5.41, 5.74) is -1.58. The van der Waals surface area contributed by atoms with Gasteiger partial charge in [-0.05, 0) is 12.8 Å². The van der Waals surface area contributed by atoms with Gasteiger partial charge in [0.25, 0.3) is 0 Å². The molecule has 0 radical (unpaired) electrons. The molecule has 0 aromatic rings. The number of carboxylic acids is 2. The number of carbonyl (C=O) groups is 2. The standard InChI is InChI=1S/C17H32O4.Ba.2H/c1-3-5-6-7-8-9-10-11-12-13-14-17(4-2,15(18)19)16(20)21;;;/h3-14H2,1-2H3,(H,18,19)(H,20,21);;;. The van der Waals surface area contributed by atoms with Gasteiger partial charge in [0.2, 0.25) is 0 Å². The molecule has 0 aliphatic carbocycles. The quantitative estimate of drug-likeness (QED) is 0.244. The molecule has 2 N–H and O–H groups in total. The first-order chi connectivity index (χ1) is 10.0. The molecule has 0 fully saturated rings. The van der Waals surface area contributed by atoms with E-state index in [2.05, 4.69) is 6.92 Å². The van der Waals surface area contributed by atoms with Crippen LogP contribution >= 0.6 is 0 Å². The van der Waals surface area contributed by atoms with Crippen LogP contribution in [0.1, 0.15) is 90.9 Å². The fourth-order valence-corrected chi connectivity index (χ4v) is 2.70. The third kappa shape index (κ3) is 9.61. The molecule has 0 rings (SSSR count). The maximum atomic E-state index is 11.2. The average molecular weight is 440 g/mol. The van der Waals surface area contributed by atoms with E-state index in [4.69, 9.17) is 10.2 Å². The Hall–Kier alpha value is 0.511. The maximum absolute atomic E-state index is 11.2. The molecule has 0 aromatic carbocycles. The van der Waals surface area contributed by atoms with Gasteiger partial charge in [-0.1, -0.05) is 78.1 Å². The first-order valence-electron chi connectivity index (χ1n) is 8.48. The minimum atomic E-state index is -1.58. The monoisotopic (exact) mass is 440 g/mol. The van der Waals surface area contributed by atoms with Crippen molar-refractivity contribution in [2.24, 2.45) is 5.41 Å². The molecule has 0 heterocycles. The van der Waals surface area contributed by atoms with Crippen LogP contribution in [0.5, 0.6) is 0 Å². The Labute approximate surface area is 175 Å². The number of aliphatic carboxylic acids is 2. The first-order valence-corrected chi connectivity index (χ1v) is 8.48. The second kappa shape index (κ2) is 15.1. The molecule has 0 atom stereocenters. The van der Waals surface area contributed by atoms with Crippen molar-refractivity contribution in [2.75, 3.05) is 0 Å². The van der Waals surface area contributed by atoms with Crippen molar-refractivity contribution in [3.63, 3.8) is 0 Å². The van der Waals surface area contributed by atoms with Gasteiger partial charge in [0.1, 0.15) is 0 Å². The summed E-state index contributed by atoms with van der Waals surface area (Å²) in [6.45, 7) is 3.85. The van der Waals surface area contributed by atoms with Crippen molar-refractivity contribution in [3.8, 4) is 0 Å². The number of hydrogen-bond acceptors (Lipinski definition) is 2. The fourth-order valence-electron chi connectivity index (χ4n) is 2.70. The Morgan fingerprint density at radius 1 is 0.727 bits per heavy atom. The van der Waals surface area contributed by atoms with Crippen molar-refractivity contribution >= 4 is 60.8 Å². The molecule has 4 nitrogen and oxygen atoms in total. The zero-order chi connectivity index (χ0) is 16.1. The molecule has 128 valence electrons. The van der Waals surface area contributed by atoms with Gasteiger partial charge in [-0.25, -0.2) is 0 Å². The van der Waals surface area contributed by atoms with Crippen LogP contribution in [0, 0.1) is 5.41 Å². The van der Waals surface area contributed by atoms with Crippen molar-refractivity contribution in [1.29, 1.82) is 0 Å². The van der Waals surface area contributed by atoms with Gasteiger partial charge >= 0.3 is 60.8 Å². The van der Waals surface area contributed by atoms with Crippen LogP contribution in [-0.2, 0) is 9.59 Å².